The summed E-state index contributed by atoms with van der Waals surface area (Å²) >= 11 is 4.94. The summed E-state index contributed by atoms with van der Waals surface area (Å²) in [4.78, 5) is 6.44. The maximum Gasteiger partial charge on any atom is 0.197 e. The van der Waals surface area contributed by atoms with Gasteiger partial charge in [-0.25, -0.2) is 0 Å². The molecule has 0 aliphatic heterocycles. The summed E-state index contributed by atoms with van der Waals surface area (Å²) in [5.41, 5.74) is 0. The molecule has 0 N–H and O–H groups in total. The van der Waals surface area contributed by atoms with Crippen LogP contribution in [0.15, 0.2) is 0 Å². The van der Waals surface area contributed by atoms with Crippen molar-refractivity contribution < 1.29 is 0 Å². The summed E-state index contributed by atoms with van der Waals surface area (Å²) in [6.07, 6.45) is 0. The van der Waals surface area contributed by atoms with Crippen molar-refractivity contribution in [2.75, 3.05) is 18.0 Å². The molecule has 2 nitrogen and oxygen atoms in total. The molecular weight excluding hydrogens is 196 g/mol. The summed E-state index contributed by atoms with van der Waals surface area (Å²) in [7, 11) is 3.23. The van der Waals surface area contributed by atoms with Crippen molar-refractivity contribution in [2.45, 2.75) is 13.8 Å². The van der Waals surface area contributed by atoms with E-state index >= 15 is 0 Å². The van der Waals surface area contributed by atoms with E-state index in [0.717, 1.165) is 22.2 Å². The van der Waals surface area contributed by atoms with Gasteiger partial charge in [0.2, 0.25) is 0 Å². The van der Waals surface area contributed by atoms with Crippen molar-refractivity contribution in [2.24, 2.45) is 0 Å². The lowest BCUT2D eigenvalue weighted by Gasteiger charge is -2.15. The summed E-state index contributed by atoms with van der Waals surface area (Å²) in [6.45, 7) is 6.26. The van der Waals surface area contributed by atoms with Gasteiger partial charge in [-0.2, -0.15) is 4.98 Å². The van der Waals surface area contributed by atoms with Crippen LogP contribution in [-0.2, 0) is 0 Å². The summed E-state index contributed by atoms with van der Waals surface area (Å²) in [5, 5.41) is 1.06. The highest BCUT2D eigenvalue weighted by Crippen LogP contribution is 2.22. The molecule has 62 valence electrons. The van der Waals surface area contributed by atoms with Crippen LogP contribution in [0.3, 0.4) is 0 Å². The molecule has 0 amide bonds. The number of rotatable bonds is 3. The molecule has 1 rings (SSSR count). The molecule has 1 aromatic heterocycles. The van der Waals surface area contributed by atoms with Crippen molar-refractivity contribution in [1.82, 2.24) is 4.98 Å². The summed E-state index contributed by atoms with van der Waals surface area (Å²) < 4.78 is 0.747. The fourth-order valence-corrected chi connectivity index (χ4v) is 3.05. The van der Waals surface area contributed by atoms with Gasteiger partial charge in [-0.3, -0.25) is 0 Å². The van der Waals surface area contributed by atoms with Gasteiger partial charge in [-0.05, 0) is 46.7 Å². The number of hydrogen-bond donors (Lipinski definition) is 0. The van der Waals surface area contributed by atoms with Gasteiger partial charge in [-0.1, -0.05) is 0 Å². The van der Waals surface area contributed by atoms with E-state index in [0.29, 0.717) is 0 Å². The molecule has 0 saturated heterocycles. The third-order valence-electron chi connectivity index (χ3n) is 1.41. The van der Waals surface area contributed by atoms with Crippen LogP contribution in [-0.4, -0.2) is 18.1 Å². The third-order valence-corrected chi connectivity index (χ3v) is 4.05. The Morgan fingerprint density at radius 2 is 2.00 bits per heavy atom. The maximum absolute atomic E-state index is 4.94. The van der Waals surface area contributed by atoms with Crippen molar-refractivity contribution >= 4 is 38.0 Å². The van der Waals surface area contributed by atoms with Gasteiger partial charge >= 0.3 is 0 Å². The van der Waals surface area contributed by atoms with Crippen molar-refractivity contribution in [3.05, 3.63) is 3.95 Å². The fourth-order valence-electron chi connectivity index (χ4n) is 0.806. The molecule has 0 bridgehead atoms. The van der Waals surface area contributed by atoms with Gasteiger partial charge in [0.1, 0.15) is 0 Å². The smallest absolute Gasteiger partial charge is 0.197 e. The Labute approximate surface area is 78.9 Å². The first-order valence-electron chi connectivity index (χ1n) is 3.50. The molecule has 0 spiro atoms. The number of hydrogen-bond acceptors (Lipinski definition) is 5. The van der Waals surface area contributed by atoms with E-state index in [-0.39, 0.29) is 0 Å². The third kappa shape index (κ3) is 2.21. The van der Waals surface area contributed by atoms with Gasteiger partial charge < -0.3 is 4.90 Å². The molecule has 0 aliphatic rings. The zero-order chi connectivity index (χ0) is 8.27. The average molecular weight is 206 g/mol. The van der Waals surface area contributed by atoms with Crippen molar-refractivity contribution in [3.63, 3.8) is 0 Å². The van der Waals surface area contributed by atoms with Crippen LogP contribution in [0.25, 0.3) is 0 Å². The molecule has 5 heteroatoms. The zero-order valence-corrected chi connectivity index (χ0v) is 8.98. The molecule has 0 aromatic carbocycles. The lowest BCUT2D eigenvalue weighted by atomic mass is 10.6. The van der Waals surface area contributed by atoms with E-state index in [4.69, 9.17) is 12.2 Å². The van der Waals surface area contributed by atoms with E-state index in [2.05, 4.69) is 23.7 Å². The van der Waals surface area contributed by atoms with Gasteiger partial charge in [-0.15, -0.1) is 0 Å². The van der Waals surface area contributed by atoms with Crippen LogP contribution < -0.4 is 4.90 Å². The second kappa shape index (κ2) is 4.13. The second-order valence-electron chi connectivity index (χ2n) is 2.00. The van der Waals surface area contributed by atoms with E-state index in [1.165, 1.54) is 0 Å². The monoisotopic (exact) mass is 206 g/mol. The van der Waals surface area contributed by atoms with E-state index in [9.17, 15) is 0 Å². The van der Waals surface area contributed by atoms with Crippen LogP contribution in [0.2, 0.25) is 0 Å². The minimum atomic E-state index is 0.747. The van der Waals surface area contributed by atoms with E-state index < -0.39 is 0 Å². The quantitative estimate of drug-likeness (QED) is 0.559. The van der Waals surface area contributed by atoms with E-state index in [1.807, 2.05) is 0 Å². The molecule has 1 aromatic rings. The van der Waals surface area contributed by atoms with Gasteiger partial charge in [0, 0.05) is 13.1 Å². The lowest BCUT2D eigenvalue weighted by molar-refractivity contribution is 0.859. The van der Waals surface area contributed by atoms with Crippen LogP contribution in [0.1, 0.15) is 13.8 Å². The number of nitrogens with zero attached hydrogens (tertiary/aromatic N) is 2. The maximum atomic E-state index is 4.94. The molecule has 0 aliphatic carbocycles. The number of aromatic nitrogens is 1. The first-order valence-corrected chi connectivity index (χ1v) is 6.05. The Balaban J connectivity index is 2.81. The van der Waals surface area contributed by atoms with Crippen molar-refractivity contribution in [3.8, 4) is 0 Å². The van der Waals surface area contributed by atoms with Crippen LogP contribution in [0.5, 0.6) is 0 Å². The second-order valence-corrected chi connectivity index (χ2v) is 4.73. The highest BCUT2D eigenvalue weighted by Gasteiger charge is 2.04. The zero-order valence-electron chi connectivity index (χ0n) is 6.53. The Morgan fingerprint density at radius 1 is 1.36 bits per heavy atom. The number of anilines is 1. The minimum Gasteiger partial charge on any atom is -0.348 e. The Hall–Kier alpha value is -0.0000000000000000555. The molecule has 0 saturated carbocycles. The topological polar surface area (TPSA) is 16.1 Å². The normalized spacial score (nSPS) is 10.0. The minimum absolute atomic E-state index is 0.747. The van der Waals surface area contributed by atoms with Crippen LogP contribution >= 0.6 is 32.9 Å². The van der Waals surface area contributed by atoms with E-state index in [1.54, 1.807) is 20.7 Å². The van der Waals surface area contributed by atoms with Gasteiger partial charge in [0.15, 0.2) is 9.09 Å². The largest absolute Gasteiger partial charge is 0.348 e. The molecule has 0 radical (unpaired) electrons. The lowest BCUT2D eigenvalue weighted by Crippen LogP contribution is -2.21. The highest BCUT2D eigenvalue weighted by atomic mass is 32.9. The standard InChI is InChI=1S/C6H10N2S3/c1-3-8(4-2)5-7-6(9)11-10-5/h3-4H2,1-2H3. The highest BCUT2D eigenvalue weighted by molar-refractivity contribution is 7.79. The Bertz CT molecular complexity index is 261. The Morgan fingerprint density at radius 3 is 2.36 bits per heavy atom. The molecular formula is C6H10N2S3. The van der Waals surface area contributed by atoms with Gasteiger partial charge in [0.05, 0.1) is 0 Å². The van der Waals surface area contributed by atoms with Crippen molar-refractivity contribution in [1.29, 1.82) is 0 Å². The molecule has 1 heterocycles. The summed E-state index contributed by atoms with van der Waals surface area (Å²) in [5.74, 6) is 0. The molecule has 0 atom stereocenters. The molecule has 0 fully saturated rings. The predicted octanol–water partition coefficient (Wildman–Crippen LogP) is 2.78. The first kappa shape index (κ1) is 9.09. The molecule has 11 heavy (non-hydrogen) atoms. The average Bonchev–Trinajstić information content (AvgIpc) is 2.39. The summed E-state index contributed by atoms with van der Waals surface area (Å²) in [6, 6.07) is 0. The fraction of sp³-hybridized carbons (Fsp3) is 0.667. The predicted molar refractivity (Wildman–Crippen MR) is 54.4 cm³/mol. The van der Waals surface area contributed by atoms with Crippen LogP contribution in [0, 0.1) is 3.95 Å². The first-order chi connectivity index (χ1) is 5.27. The van der Waals surface area contributed by atoms with Gasteiger partial charge in [0.25, 0.3) is 0 Å². The SMILES string of the molecule is CCN(CC)c1nc(=S)ss1. The molecule has 0 unspecified atom stereocenters. The van der Waals surface area contributed by atoms with Crippen LogP contribution in [0.4, 0.5) is 5.13 Å². The Kier molecular flexibility index (Phi) is 3.42.